The topological polar surface area (TPSA) is 99.6 Å². The minimum absolute atomic E-state index is 0. The Hall–Kier alpha value is -3.95. The number of ether oxygens (including phenoxy) is 2. The van der Waals surface area contributed by atoms with Gasteiger partial charge in [0.25, 0.3) is 5.91 Å². The van der Waals surface area contributed by atoms with Gasteiger partial charge < -0.3 is 24.9 Å². The molecule has 1 fully saturated rings. The molecule has 4 aromatic rings. The van der Waals surface area contributed by atoms with Gasteiger partial charge in [-0.25, -0.2) is 13.8 Å². The first-order valence-corrected chi connectivity index (χ1v) is 12.7. The molecule has 0 spiro atoms. The normalized spacial score (nSPS) is 13.3. The van der Waals surface area contributed by atoms with Crippen molar-refractivity contribution in [2.45, 2.75) is 31.8 Å². The summed E-state index contributed by atoms with van der Waals surface area (Å²) < 4.78 is 44.9. The summed E-state index contributed by atoms with van der Waals surface area (Å²) in [6.07, 6.45) is 2.69. The van der Waals surface area contributed by atoms with Gasteiger partial charge in [0, 0.05) is 23.7 Å². The van der Waals surface area contributed by atoms with Gasteiger partial charge in [0.05, 0.1) is 19.8 Å². The third-order valence-electron chi connectivity index (χ3n) is 6.54. The number of carbonyl (C=O) groups is 1. The lowest BCUT2D eigenvalue weighted by Crippen LogP contribution is -2.26. The number of carbonyl (C=O) groups excluding carboxylic acids is 1. The van der Waals surface area contributed by atoms with E-state index < -0.39 is 23.6 Å². The van der Waals surface area contributed by atoms with Crippen molar-refractivity contribution in [1.82, 2.24) is 10.3 Å². The van der Waals surface area contributed by atoms with Crippen molar-refractivity contribution in [3.05, 3.63) is 101 Å². The maximum atomic E-state index is 14.1. The molecule has 1 heterocycles. The molecule has 0 radical (unpaired) electrons. The molecule has 1 aliphatic rings. The molecule has 1 atom stereocenters. The third-order valence-corrected chi connectivity index (χ3v) is 6.54. The second kappa shape index (κ2) is 12.9. The molecule has 1 amide bonds. The number of nitrogens with two attached hydrogens (primary N) is 1. The largest absolute Gasteiger partial charge is 0.493 e. The number of aromatic nitrogens is 1. The van der Waals surface area contributed by atoms with Crippen LogP contribution in [0.2, 0.25) is 0 Å². The first kappa shape index (κ1) is 29.0. The van der Waals surface area contributed by atoms with Crippen LogP contribution in [0.4, 0.5) is 8.78 Å². The van der Waals surface area contributed by atoms with Gasteiger partial charge in [-0.3, -0.25) is 4.79 Å². The van der Waals surface area contributed by atoms with Gasteiger partial charge in [-0.05, 0) is 55.0 Å². The number of oxazole rings is 1. The smallest absolute Gasteiger partial charge is 0.273 e. The van der Waals surface area contributed by atoms with Gasteiger partial charge in [0.1, 0.15) is 11.6 Å². The highest BCUT2D eigenvalue weighted by Crippen LogP contribution is 2.36. The number of hydrogen-bond acceptors (Lipinski definition) is 6. The highest BCUT2D eigenvalue weighted by atomic mass is 35.5. The van der Waals surface area contributed by atoms with Crippen molar-refractivity contribution in [1.29, 1.82) is 0 Å². The van der Waals surface area contributed by atoms with E-state index in [0.29, 0.717) is 36.0 Å². The molecule has 0 unspecified atom stereocenters. The first-order valence-electron chi connectivity index (χ1n) is 12.7. The van der Waals surface area contributed by atoms with Crippen LogP contribution in [-0.4, -0.2) is 24.6 Å². The molecule has 0 bridgehead atoms. The quantitative estimate of drug-likeness (QED) is 0.229. The van der Waals surface area contributed by atoms with Crippen LogP contribution in [-0.2, 0) is 13.0 Å². The molecule has 40 heavy (non-hydrogen) atoms. The van der Waals surface area contributed by atoms with Crippen LogP contribution in [0.15, 0.2) is 71.1 Å². The lowest BCUT2D eigenvalue weighted by molar-refractivity contribution is 0.0943. The van der Waals surface area contributed by atoms with Crippen molar-refractivity contribution in [2.75, 3.05) is 13.7 Å². The Morgan fingerprint density at radius 3 is 2.58 bits per heavy atom. The lowest BCUT2D eigenvalue weighted by atomic mass is 10.0. The summed E-state index contributed by atoms with van der Waals surface area (Å²) in [6.45, 7) is 0.425. The molecule has 210 valence electrons. The molecule has 0 aliphatic heterocycles. The molecule has 5 rings (SSSR count). The Morgan fingerprint density at radius 1 is 1.10 bits per heavy atom. The number of nitrogens with zero attached hydrogens (tertiary/aromatic N) is 1. The predicted molar refractivity (Wildman–Crippen MR) is 149 cm³/mol. The lowest BCUT2D eigenvalue weighted by Gasteiger charge is -2.11. The van der Waals surface area contributed by atoms with Crippen molar-refractivity contribution >= 4 is 18.3 Å². The van der Waals surface area contributed by atoms with Crippen molar-refractivity contribution in [2.24, 2.45) is 11.7 Å². The number of benzene rings is 3. The second-order valence-electron chi connectivity index (χ2n) is 9.57. The van der Waals surface area contributed by atoms with Gasteiger partial charge in [0.15, 0.2) is 23.0 Å². The van der Waals surface area contributed by atoms with Gasteiger partial charge in [-0.2, -0.15) is 0 Å². The van der Waals surface area contributed by atoms with E-state index in [1.165, 1.54) is 6.07 Å². The van der Waals surface area contributed by atoms with Crippen molar-refractivity contribution < 1.29 is 27.5 Å². The van der Waals surface area contributed by atoms with Crippen molar-refractivity contribution in [3.63, 3.8) is 0 Å². The van der Waals surface area contributed by atoms with E-state index >= 15 is 0 Å². The molecule has 7 nitrogen and oxygen atoms in total. The van der Waals surface area contributed by atoms with Crippen LogP contribution in [0.5, 0.6) is 11.5 Å². The maximum absolute atomic E-state index is 14.1. The summed E-state index contributed by atoms with van der Waals surface area (Å²) >= 11 is 0. The van der Waals surface area contributed by atoms with Crippen molar-refractivity contribution in [3.8, 4) is 23.0 Å². The predicted octanol–water partition coefficient (Wildman–Crippen LogP) is 6.01. The van der Waals surface area contributed by atoms with E-state index in [1.807, 2.05) is 30.3 Å². The first-order chi connectivity index (χ1) is 18.9. The Balaban J connectivity index is 0.00000370. The van der Waals surface area contributed by atoms with Crippen LogP contribution in [0, 0.1) is 17.6 Å². The number of hydrogen-bond donors (Lipinski definition) is 2. The zero-order valence-electron chi connectivity index (χ0n) is 21.9. The summed E-state index contributed by atoms with van der Waals surface area (Å²) in [5.41, 5.74) is 8.18. The van der Waals surface area contributed by atoms with E-state index in [2.05, 4.69) is 10.3 Å². The van der Waals surface area contributed by atoms with Gasteiger partial charge >= 0.3 is 0 Å². The van der Waals surface area contributed by atoms with E-state index in [-0.39, 0.29) is 41.9 Å². The number of rotatable bonds is 11. The maximum Gasteiger partial charge on any atom is 0.273 e. The molecule has 1 saturated carbocycles. The zero-order valence-corrected chi connectivity index (χ0v) is 22.7. The average molecular weight is 570 g/mol. The Bertz CT molecular complexity index is 1460. The summed E-state index contributed by atoms with van der Waals surface area (Å²) in [7, 11) is 1.57. The van der Waals surface area contributed by atoms with E-state index in [1.54, 1.807) is 25.3 Å². The van der Waals surface area contributed by atoms with E-state index in [0.717, 1.165) is 30.5 Å². The van der Waals surface area contributed by atoms with E-state index in [9.17, 15) is 13.6 Å². The summed E-state index contributed by atoms with van der Waals surface area (Å²) in [5.74, 6) is 0.00821. The monoisotopic (exact) mass is 569 g/mol. The molecule has 10 heteroatoms. The SMILES string of the molecule is COc1ccc(-c2nc(C(=O)NCc3ccc(F)cc3F)c([C@@H](N)Cc3ccccc3)o2)cc1OCC1CC1.Cl. The van der Waals surface area contributed by atoms with Gasteiger partial charge in [-0.1, -0.05) is 36.4 Å². The minimum Gasteiger partial charge on any atom is -0.493 e. The Morgan fingerprint density at radius 2 is 1.88 bits per heavy atom. The zero-order chi connectivity index (χ0) is 27.4. The van der Waals surface area contributed by atoms with Crippen LogP contribution in [0.3, 0.4) is 0 Å². The highest BCUT2D eigenvalue weighted by Gasteiger charge is 2.27. The fraction of sp³-hybridized carbons (Fsp3) is 0.267. The number of halogens is 3. The fourth-order valence-corrected chi connectivity index (χ4v) is 4.17. The molecular weight excluding hydrogens is 540 g/mol. The van der Waals surface area contributed by atoms with Gasteiger partial charge in [0.2, 0.25) is 5.89 Å². The molecule has 1 aromatic heterocycles. The number of nitrogens with one attached hydrogen (secondary N) is 1. The number of amides is 1. The van der Waals surface area contributed by atoms with Crippen LogP contribution in [0.1, 0.15) is 46.3 Å². The molecule has 3 aromatic carbocycles. The van der Waals surface area contributed by atoms with Gasteiger partial charge in [-0.15, -0.1) is 12.4 Å². The minimum atomic E-state index is -0.755. The fourth-order valence-electron chi connectivity index (χ4n) is 4.17. The van der Waals surface area contributed by atoms with Crippen LogP contribution in [0.25, 0.3) is 11.5 Å². The van der Waals surface area contributed by atoms with Crippen LogP contribution < -0.4 is 20.5 Å². The van der Waals surface area contributed by atoms with Crippen LogP contribution >= 0.6 is 12.4 Å². The summed E-state index contributed by atoms with van der Waals surface area (Å²) in [6, 6.07) is 17.3. The summed E-state index contributed by atoms with van der Waals surface area (Å²) in [4.78, 5) is 17.7. The Labute approximate surface area is 237 Å². The molecule has 1 aliphatic carbocycles. The Kier molecular flexibility index (Phi) is 9.39. The number of methoxy groups -OCH3 is 1. The second-order valence-corrected chi connectivity index (χ2v) is 9.57. The molecule has 3 N–H and O–H groups in total. The standard InChI is InChI=1S/C30H29F2N3O4.ClH/c1-37-25-12-10-20(14-26(25)38-17-19-7-8-19)30-35-27(28(39-30)24(33)13-18-5-3-2-4-6-18)29(36)34-16-21-9-11-22(31)15-23(21)32;/h2-6,9-12,14-15,19,24H,7-8,13,16-17,33H2,1H3,(H,34,36);1H/t24-;/m0./s1. The highest BCUT2D eigenvalue weighted by molar-refractivity contribution is 5.94. The summed E-state index contributed by atoms with van der Waals surface area (Å²) in [5, 5.41) is 2.64. The van der Waals surface area contributed by atoms with E-state index in [4.69, 9.17) is 19.6 Å². The molecular formula is C30H30ClF2N3O4. The average Bonchev–Trinajstić information content (AvgIpc) is 3.66. The third kappa shape index (κ3) is 6.97. The molecule has 0 saturated heterocycles.